The van der Waals surface area contributed by atoms with E-state index in [1.54, 1.807) is 25.5 Å². The van der Waals surface area contributed by atoms with Gasteiger partial charge in [-0.1, -0.05) is 0 Å². The molecule has 0 fully saturated rings. The SMILES string of the molecule is Cc1cc(C)nc(-n2cc(C(=O)OCc3ccoc3C)c(C)n2)n1. The highest BCUT2D eigenvalue weighted by Gasteiger charge is 2.17. The fraction of sp³-hybridized carbons (Fsp3) is 0.294. The molecular formula is C17H18N4O3. The quantitative estimate of drug-likeness (QED) is 0.686. The van der Waals surface area contributed by atoms with Gasteiger partial charge >= 0.3 is 5.97 Å². The highest BCUT2D eigenvalue weighted by Crippen LogP contribution is 2.14. The number of rotatable bonds is 4. The van der Waals surface area contributed by atoms with E-state index in [0.29, 0.717) is 17.2 Å². The second kappa shape index (κ2) is 6.27. The van der Waals surface area contributed by atoms with E-state index in [1.165, 1.54) is 4.68 Å². The fourth-order valence-corrected chi connectivity index (χ4v) is 2.35. The molecule has 7 nitrogen and oxygen atoms in total. The summed E-state index contributed by atoms with van der Waals surface area (Å²) < 4.78 is 12.0. The minimum Gasteiger partial charge on any atom is -0.469 e. The van der Waals surface area contributed by atoms with Gasteiger partial charge in [0.25, 0.3) is 5.95 Å². The van der Waals surface area contributed by atoms with Crippen LogP contribution in [0.25, 0.3) is 5.95 Å². The van der Waals surface area contributed by atoms with Gasteiger partial charge in [-0.15, -0.1) is 0 Å². The van der Waals surface area contributed by atoms with Gasteiger partial charge in [0.1, 0.15) is 17.9 Å². The van der Waals surface area contributed by atoms with Gasteiger partial charge in [0.2, 0.25) is 0 Å². The Morgan fingerprint density at radius 2 is 1.92 bits per heavy atom. The molecule has 0 bridgehead atoms. The van der Waals surface area contributed by atoms with Crippen LogP contribution in [0.15, 0.2) is 29.0 Å². The minimum absolute atomic E-state index is 0.159. The number of hydrogen-bond acceptors (Lipinski definition) is 6. The summed E-state index contributed by atoms with van der Waals surface area (Å²) in [5.41, 5.74) is 3.46. The first kappa shape index (κ1) is 15.9. The molecule has 3 aromatic heterocycles. The summed E-state index contributed by atoms with van der Waals surface area (Å²) in [4.78, 5) is 21.0. The number of hydrogen-bond donors (Lipinski definition) is 0. The summed E-state index contributed by atoms with van der Waals surface area (Å²) in [6, 6.07) is 3.66. The van der Waals surface area contributed by atoms with Crippen LogP contribution in [0, 0.1) is 27.7 Å². The van der Waals surface area contributed by atoms with Gasteiger partial charge in [0.05, 0.1) is 12.0 Å². The van der Waals surface area contributed by atoms with Gasteiger partial charge in [-0.05, 0) is 39.8 Å². The summed E-state index contributed by atoms with van der Waals surface area (Å²) in [7, 11) is 0. The molecule has 0 aliphatic carbocycles. The highest BCUT2D eigenvalue weighted by atomic mass is 16.5. The van der Waals surface area contributed by atoms with E-state index in [4.69, 9.17) is 9.15 Å². The maximum absolute atomic E-state index is 12.3. The highest BCUT2D eigenvalue weighted by molar-refractivity contribution is 5.90. The lowest BCUT2D eigenvalue weighted by molar-refractivity contribution is 0.0470. The van der Waals surface area contributed by atoms with E-state index >= 15 is 0 Å². The first-order valence-corrected chi connectivity index (χ1v) is 7.53. The Morgan fingerprint density at radius 3 is 2.54 bits per heavy atom. The molecule has 0 unspecified atom stereocenters. The van der Waals surface area contributed by atoms with Gasteiger partial charge in [-0.2, -0.15) is 5.10 Å². The molecular weight excluding hydrogens is 308 g/mol. The summed E-state index contributed by atoms with van der Waals surface area (Å²) in [5, 5.41) is 4.32. The number of aromatic nitrogens is 4. The number of carbonyl (C=O) groups is 1. The third kappa shape index (κ3) is 3.19. The number of aryl methyl sites for hydroxylation is 4. The Bertz CT molecular complexity index is 875. The molecule has 0 saturated heterocycles. The van der Waals surface area contributed by atoms with Gasteiger partial charge in [0, 0.05) is 23.1 Å². The van der Waals surface area contributed by atoms with Crippen LogP contribution in [0.4, 0.5) is 0 Å². The average molecular weight is 326 g/mol. The topological polar surface area (TPSA) is 83.0 Å². The van der Waals surface area contributed by atoms with Crippen LogP contribution in [-0.4, -0.2) is 25.7 Å². The molecule has 0 radical (unpaired) electrons. The number of furan rings is 1. The summed E-state index contributed by atoms with van der Waals surface area (Å²) >= 11 is 0. The largest absolute Gasteiger partial charge is 0.469 e. The zero-order chi connectivity index (χ0) is 17.3. The lowest BCUT2D eigenvalue weighted by atomic mass is 10.2. The molecule has 0 amide bonds. The zero-order valence-corrected chi connectivity index (χ0v) is 14.0. The second-order valence-electron chi connectivity index (χ2n) is 5.60. The number of ether oxygens (including phenoxy) is 1. The molecule has 0 aliphatic rings. The van der Waals surface area contributed by atoms with E-state index in [0.717, 1.165) is 22.7 Å². The van der Waals surface area contributed by atoms with Crippen molar-refractivity contribution in [3.05, 3.63) is 58.6 Å². The van der Waals surface area contributed by atoms with Crippen LogP contribution in [-0.2, 0) is 11.3 Å². The van der Waals surface area contributed by atoms with Gasteiger partial charge in [-0.3, -0.25) is 0 Å². The van der Waals surface area contributed by atoms with Crippen molar-refractivity contribution in [3.8, 4) is 5.95 Å². The lowest BCUT2D eigenvalue weighted by Gasteiger charge is -2.03. The van der Waals surface area contributed by atoms with Crippen LogP contribution in [0.1, 0.15) is 38.8 Å². The Hall–Kier alpha value is -2.96. The van der Waals surface area contributed by atoms with Crippen molar-refractivity contribution in [2.24, 2.45) is 0 Å². The first-order chi connectivity index (χ1) is 11.4. The normalized spacial score (nSPS) is 10.8. The third-order valence-corrected chi connectivity index (χ3v) is 3.62. The van der Waals surface area contributed by atoms with E-state index in [-0.39, 0.29) is 6.61 Å². The van der Waals surface area contributed by atoms with Crippen molar-refractivity contribution in [2.45, 2.75) is 34.3 Å². The molecule has 3 rings (SSSR count). The van der Waals surface area contributed by atoms with E-state index in [9.17, 15) is 4.79 Å². The number of nitrogens with zero attached hydrogens (tertiary/aromatic N) is 4. The van der Waals surface area contributed by atoms with Crippen LogP contribution in [0.3, 0.4) is 0 Å². The van der Waals surface area contributed by atoms with Gasteiger partial charge in [-0.25, -0.2) is 19.4 Å². The predicted octanol–water partition coefficient (Wildman–Crippen LogP) is 2.85. The Morgan fingerprint density at radius 1 is 1.21 bits per heavy atom. The predicted molar refractivity (Wildman–Crippen MR) is 85.9 cm³/mol. The maximum Gasteiger partial charge on any atom is 0.341 e. The lowest BCUT2D eigenvalue weighted by Crippen LogP contribution is -2.06. The van der Waals surface area contributed by atoms with Gasteiger partial charge in [0.15, 0.2) is 0 Å². The Labute approximate surface area is 139 Å². The molecule has 0 N–H and O–H groups in total. The molecule has 0 atom stereocenters. The minimum atomic E-state index is -0.441. The fourth-order valence-electron chi connectivity index (χ4n) is 2.35. The van der Waals surface area contributed by atoms with Crippen LogP contribution in [0.5, 0.6) is 0 Å². The maximum atomic E-state index is 12.3. The number of carbonyl (C=O) groups excluding carboxylic acids is 1. The second-order valence-corrected chi connectivity index (χ2v) is 5.60. The monoisotopic (exact) mass is 326 g/mol. The number of esters is 1. The zero-order valence-electron chi connectivity index (χ0n) is 14.0. The van der Waals surface area contributed by atoms with Crippen LogP contribution in [0.2, 0.25) is 0 Å². The molecule has 7 heteroatoms. The Kier molecular flexibility index (Phi) is 4.16. The van der Waals surface area contributed by atoms with Crippen molar-refractivity contribution in [1.82, 2.24) is 19.7 Å². The molecule has 0 spiro atoms. The van der Waals surface area contributed by atoms with E-state index in [1.807, 2.05) is 26.8 Å². The molecule has 3 heterocycles. The van der Waals surface area contributed by atoms with E-state index in [2.05, 4.69) is 15.1 Å². The summed E-state index contributed by atoms with van der Waals surface area (Å²) in [5.74, 6) is 0.725. The van der Waals surface area contributed by atoms with Crippen molar-refractivity contribution in [1.29, 1.82) is 0 Å². The first-order valence-electron chi connectivity index (χ1n) is 7.53. The van der Waals surface area contributed by atoms with Crippen molar-refractivity contribution in [2.75, 3.05) is 0 Å². The third-order valence-electron chi connectivity index (χ3n) is 3.62. The molecule has 0 aromatic carbocycles. The molecule has 3 aromatic rings. The smallest absolute Gasteiger partial charge is 0.341 e. The molecule has 24 heavy (non-hydrogen) atoms. The summed E-state index contributed by atoms with van der Waals surface area (Å²) in [6.07, 6.45) is 3.16. The van der Waals surface area contributed by atoms with Crippen molar-refractivity contribution in [3.63, 3.8) is 0 Å². The summed E-state index contributed by atoms with van der Waals surface area (Å²) in [6.45, 7) is 7.50. The van der Waals surface area contributed by atoms with E-state index < -0.39 is 5.97 Å². The molecule has 0 saturated carbocycles. The van der Waals surface area contributed by atoms with Crippen LogP contribution < -0.4 is 0 Å². The molecule has 0 aliphatic heterocycles. The average Bonchev–Trinajstić information content (AvgIpc) is 3.10. The van der Waals surface area contributed by atoms with Crippen molar-refractivity contribution >= 4 is 5.97 Å². The molecule has 124 valence electrons. The van der Waals surface area contributed by atoms with Crippen LogP contribution >= 0.6 is 0 Å². The standard InChI is InChI=1S/C17H18N4O3/c1-10-7-11(2)19-17(18-10)21-8-15(12(3)20-21)16(22)24-9-14-5-6-23-13(14)4/h5-8H,9H2,1-4H3. The van der Waals surface area contributed by atoms with Gasteiger partial charge < -0.3 is 9.15 Å². The van der Waals surface area contributed by atoms with Crippen molar-refractivity contribution < 1.29 is 13.9 Å². The Balaban J connectivity index is 1.80.